The van der Waals surface area contributed by atoms with E-state index >= 15 is 0 Å². The Kier molecular flexibility index (Phi) is 4.70. The monoisotopic (exact) mass is 275 g/mol. The van der Waals surface area contributed by atoms with Gasteiger partial charge in [-0.05, 0) is 12.5 Å². The molecule has 0 fully saturated rings. The molecule has 0 bridgehead atoms. The summed E-state index contributed by atoms with van der Waals surface area (Å²) in [6, 6.07) is 9.62. The van der Waals surface area contributed by atoms with E-state index in [0.717, 1.165) is 5.56 Å². The minimum Gasteiger partial charge on any atom is -0.466 e. The van der Waals surface area contributed by atoms with Crippen molar-refractivity contribution in [1.82, 2.24) is 15.0 Å². The normalized spacial score (nSPS) is 10.4. The summed E-state index contributed by atoms with van der Waals surface area (Å²) in [7, 11) is 0. The van der Waals surface area contributed by atoms with Crippen LogP contribution >= 0.6 is 0 Å². The molecule has 106 valence electrons. The van der Waals surface area contributed by atoms with E-state index in [2.05, 4.69) is 10.3 Å². The first-order valence-corrected chi connectivity index (χ1v) is 6.54. The summed E-state index contributed by atoms with van der Waals surface area (Å²) in [5, 5.41) is 6.64. The minimum atomic E-state index is -0.315. The molecule has 0 unspecified atom stereocenters. The second kappa shape index (κ2) is 6.70. The number of aromatic amines is 1. The quantitative estimate of drug-likeness (QED) is 0.801. The lowest BCUT2D eigenvalue weighted by atomic mass is 10.2. The topological polar surface area (TPSA) is 77.0 Å². The zero-order chi connectivity index (χ0) is 14.4. The average molecular weight is 275 g/mol. The van der Waals surface area contributed by atoms with Crippen molar-refractivity contribution in [2.24, 2.45) is 0 Å². The third kappa shape index (κ3) is 3.57. The second-order valence-corrected chi connectivity index (χ2v) is 4.34. The highest BCUT2D eigenvalue weighted by atomic mass is 16.5. The van der Waals surface area contributed by atoms with Crippen molar-refractivity contribution in [2.45, 2.75) is 26.3 Å². The summed E-state index contributed by atoms with van der Waals surface area (Å²) in [5.41, 5.74) is 1.17. The lowest BCUT2D eigenvalue weighted by Crippen LogP contribution is -2.20. The minimum absolute atomic E-state index is 0.166. The third-order valence-electron chi connectivity index (χ3n) is 2.85. The summed E-state index contributed by atoms with van der Waals surface area (Å²) < 4.78 is 6.25. The van der Waals surface area contributed by atoms with Gasteiger partial charge in [-0.3, -0.25) is 9.59 Å². The summed E-state index contributed by atoms with van der Waals surface area (Å²) in [6.07, 6.45) is 0.454. The van der Waals surface area contributed by atoms with E-state index in [1.54, 1.807) is 6.92 Å². The van der Waals surface area contributed by atoms with Gasteiger partial charge in [0.25, 0.3) is 5.56 Å². The number of nitrogens with zero attached hydrogens (tertiary/aromatic N) is 2. The second-order valence-electron chi connectivity index (χ2n) is 4.34. The molecule has 1 aromatic heterocycles. The Morgan fingerprint density at radius 1 is 1.35 bits per heavy atom. The fraction of sp³-hybridized carbons (Fsp3) is 0.357. The smallest absolute Gasteiger partial charge is 0.306 e. The van der Waals surface area contributed by atoms with Gasteiger partial charge in [0, 0.05) is 6.42 Å². The summed E-state index contributed by atoms with van der Waals surface area (Å²) >= 11 is 0. The number of carbonyl (C=O) groups excluding carboxylic acids is 1. The number of hydrogen-bond donors (Lipinski definition) is 1. The molecule has 1 aromatic carbocycles. The zero-order valence-electron chi connectivity index (χ0n) is 11.3. The standard InChI is InChI=1S/C14H17N3O3/c1-2-20-13(18)9-8-12-14(19)17(16-15-12)10-11-6-4-3-5-7-11/h3-7,16H,2,8-10H2,1H3. The molecule has 0 saturated heterocycles. The van der Waals surface area contributed by atoms with Crippen molar-refractivity contribution in [2.75, 3.05) is 6.61 Å². The highest BCUT2D eigenvalue weighted by molar-refractivity contribution is 5.69. The molecule has 0 aliphatic heterocycles. The number of aromatic nitrogens is 3. The molecule has 20 heavy (non-hydrogen) atoms. The van der Waals surface area contributed by atoms with E-state index in [9.17, 15) is 9.59 Å². The predicted molar refractivity (Wildman–Crippen MR) is 73.3 cm³/mol. The molecule has 0 spiro atoms. The number of nitrogens with one attached hydrogen (secondary N) is 1. The van der Waals surface area contributed by atoms with E-state index in [-0.39, 0.29) is 24.4 Å². The van der Waals surface area contributed by atoms with Gasteiger partial charge in [-0.15, -0.1) is 0 Å². The number of aryl methyl sites for hydroxylation is 1. The molecule has 0 atom stereocenters. The number of benzene rings is 1. The number of H-pyrrole nitrogens is 1. The molecule has 0 saturated carbocycles. The molecule has 1 heterocycles. The maximum Gasteiger partial charge on any atom is 0.306 e. The molecule has 6 nitrogen and oxygen atoms in total. The molecule has 0 aliphatic rings. The number of esters is 1. The highest BCUT2D eigenvalue weighted by Crippen LogP contribution is 2.00. The van der Waals surface area contributed by atoms with Gasteiger partial charge in [0.2, 0.25) is 0 Å². The lowest BCUT2D eigenvalue weighted by Gasteiger charge is -2.00. The number of carbonyl (C=O) groups is 1. The van der Waals surface area contributed by atoms with Gasteiger partial charge >= 0.3 is 5.97 Å². The van der Waals surface area contributed by atoms with E-state index < -0.39 is 0 Å². The Morgan fingerprint density at radius 3 is 2.80 bits per heavy atom. The zero-order valence-corrected chi connectivity index (χ0v) is 11.3. The summed E-state index contributed by atoms with van der Waals surface area (Å²) in [6.45, 7) is 2.53. The Balaban J connectivity index is 2.00. The molecule has 2 rings (SSSR count). The van der Waals surface area contributed by atoms with Crippen molar-refractivity contribution in [3.05, 3.63) is 51.9 Å². The first-order valence-electron chi connectivity index (χ1n) is 6.54. The van der Waals surface area contributed by atoms with Gasteiger partial charge in [0.15, 0.2) is 0 Å². The fourth-order valence-corrected chi connectivity index (χ4v) is 1.86. The van der Waals surface area contributed by atoms with Crippen LogP contribution in [0.2, 0.25) is 0 Å². The third-order valence-corrected chi connectivity index (χ3v) is 2.85. The summed E-state index contributed by atoms with van der Waals surface area (Å²) in [4.78, 5) is 23.3. The van der Waals surface area contributed by atoms with Crippen LogP contribution in [-0.4, -0.2) is 27.6 Å². The SMILES string of the molecule is CCOC(=O)CCc1n[nH]n(Cc2ccccc2)c1=O. The van der Waals surface area contributed by atoms with Crippen LogP contribution in [-0.2, 0) is 22.5 Å². The predicted octanol–water partition coefficient (Wildman–Crippen LogP) is 1.12. The van der Waals surface area contributed by atoms with Gasteiger partial charge in [-0.1, -0.05) is 30.3 Å². The average Bonchev–Trinajstić information content (AvgIpc) is 2.79. The molecule has 6 heteroatoms. The Labute approximate surface area is 116 Å². The van der Waals surface area contributed by atoms with Crippen LogP contribution in [0.25, 0.3) is 0 Å². The lowest BCUT2D eigenvalue weighted by molar-refractivity contribution is -0.143. The van der Waals surface area contributed by atoms with Crippen LogP contribution in [0.4, 0.5) is 0 Å². The highest BCUT2D eigenvalue weighted by Gasteiger charge is 2.11. The van der Waals surface area contributed by atoms with Crippen molar-refractivity contribution in [1.29, 1.82) is 0 Å². The van der Waals surface area contributed by atoms with Crippen molar-refractivity contribution in [3.8, 4) is 0 Å². The Morgan fingerprint density at radius 2 is 2.10 bits per heavy atom. The van der Waals surface area contributed by atoms with Crippen molar-refractivity contribution in [3.63, 3.8) is 0 Å². The van der Waals surface area contributed by atoms with Gasteiger partial charge in [0.1, 0.15) is 5.69 Å². The molecule has 0 amide bonds. The maximum absolute atomic E-state index is 12.1. The molecule has 2 aromatic rings. The Hall–Kier alpha value is -2.37. The van der Waals surface area contributed by atoms with Crippen LogP contribution in [0.5, 0.6) is 0 Å². The molecule has 0 aliphatic carbocycles. The first-order chi connectivity index (χ1) is 9.70. The van der Waals surface area contributed by atoms with Crippen molar-refractivity contribution < 1.29 is 9.53 Å². The fourth-order valence-electron chi connectivity index (χ4n) is 1.86. The molecular weight excluding hydrogens is 258 g/mol. The molecule has 1 N–H and O–H groups in total. The van der Waals surface area contributed by atoms with Gasteiger partial charge in [-0.2, -0.15) is 5.10 Å². The maximum atomic E-state index is 12.1. The van der Waals surface area contributed by atoms with Gasteiger partial charge in [-0.25, -0.2) is 9.90 Å². The van der Waals surface area contributed by atoms with Crippen LogP contribution in [0, 0.1) is 0 Å². The van der Waals surface area contributed by atoms with Crippen LogP contribution in [0.15, 0.2) is 35.1 Å². The number of hydrogen-bond acceptors (Lipinski definition) is 4. The van der Waals surface area contributed by atoms with Crippen LogP contribution in [0.3, 0.4) is 0 Å². The van der Waals surface area contributed by atoms with E-state index in [1.807, 2.05) is 30.3 Å². The van der Waals surface area contributed by atoms with E-state index in [4.69, 9.17) is 4.74 Å². The van der Waals surface area contributed by atoms with E-state index in [1.165, 1.54) is 4.68 Å². The van der Waals surface area contributed by atoms with Crippen LogP contribution in [0.1, 0.15) is 24.6 Å². The van der Waals surface area contributed by atoms with Crippen molar-refractivity contribution >= 4 is 5.97 Å². The van der Waals surface area contributed by atoms with Crippen LogP contribution < -0.4 is 5.56 Å². The van der Waals surface area contributed by atoms with Gasteiger partial charge in [0.05, 0.1) is 19.6 Å². The van der Waals surface area contributed by atoms with Gasteiger partial charge < -0.3 is 4.74 Å². The molecular formula is C14H17N3O3. The number of rotatable bonds is 6. The Bertz CT molecular complexity index is 616. The van der Waals surface area contributed by atoms with E-state index in [0.29, 0.717) is 18.8 Å². The summed E-state index contributed by atoms with van der Waals surface area (Å²) in [5.74, 6) is -0.315. The molecule has 0 radical (unpaired) electrons. The first kappa shape index (κ1) is 14.0. The largest absolute Gasteiger partial charge is 0.466 e. The number of ether oxygens (including phenoxy) is 1.